The summed E-state index contributed by atoms with van der Waals surface area (Å²) in [6.45, 7) is 0.355. The van der Waals surface area contributed by atoms with E-state index in [1.807, 2.05) is 0 Å². The molecule has 1 aromatic rings. The number of nitrogens with two attached hydrogens (primary N) is 1. The van der Waals surface area contributed by atoms with Crippen LogP contribution in [0.4, 0.5) is 0 Å². The molecule has 4 nitrogen and oxygen atoms in total. The summed E-state index contributed by atoms with van der Waals surface area (Å²) in [4.78, 5) is 4.40. The van der Waals surface area contributed by atoms with E-state index in [2.05, 4.69) is 10.1 Å². The minimum Gasteiger partial charge on any atom is -0.338 e. The van der Waals surface area contributed by atoms with Crippen molar-refractivity contribution in [3.05, 3.63) is 11.7 Å². The van der Waals surface area contributed by atoms with Crippen molar-refractivity contribution >= 4 is 0 Å². The highest BCUT2D eigenvalue weighted by atomic mass is 16.5. The molecule has 18 heavy (non-hydrogen) atoms. The van der Waals surface area contributed by atoms with E-state index in [4.69, 9.17) is 10.3 Å². The first-order valence-corrected chi connectivity index (χ1v) is 7.26. The van der Waals surface area contributed by atoms with Gasteiger partial charge >= 0.3 is 0 Å². The quantitative estimate of drug-likeness (QED) is 0.890. The summed E-state index contributed by atoms with van der Waals surface area (Å²) >= 11 is 0. The zero-order valence-corrected chi connectivity index (χ0v) is 10.8. The molecule has 98 valence electrons. The lowest BCUT2D eigenvalue weighted by atomic mass is 9.49. The SMILES string of the molecule is NCc1nc(CC23CC4CC(CC(C4)C2)C3)no1. The summed E-state index contributed by atoms with van der Waals surface area (Å²) in [7, 11) is 0. The van der Waals surface area contributed by atoms with Crippen LogP contribution < -0.4 is 5.73 Å². The van der Waals surface area contributed by atoms with Crippen molar-refractivity contribution in [3.63, 3.8) is 0 Å². The summed E-state index contributed by atoms with van der Waals surface area (Å²) < 4.78 is 5.14. The molecular weight excluding hydrogens is 226 g/mol. The topological polar surface area (TPSA) is 64.9 Å². The van der Waals surface area contributed by atoms with Crippen LogP contribution >= 0.6 is 0 Å². The average Bonchev–Trinajstić information content (AvgIpc) is 2.74. The van der Waals surface area contributed by atoms with E-state index in [9.17, 15) is 0 Å². The van der Waals surface area contributed by atoms with E-state index < -0.39 is 0 Å². The van der Waals surface area contributed by atoms with Crippen molar-refractivity contribution in [2.75, 3.05) is 0 Å². The van der Waals surface area contributed by atoms with Crippen molar-refractivity contribution < 1.29 is 4.52 Å². The van der Waals surface area contributed by atoms with Crippen molar-refractivity contribution in [2.24, 2.45) is 28.9 Å². The molecule has 0 amide bonds. The fourth-order valence-electron chi connectivity index (χ4n) is 5.29. The third-order valence-corrected chi connectivity index (χ3v) is 5.38. The fourth-order valence-corrected chi connectivity index (χ4v) is 5.29. The molecule has 1 aromatic heterocycles. The second-order valence-electron chi connectivity index (χ2n) is 6.90. The molecule has 0 unspecified atom stereocenters. The van der Waals surface area contributed by atoms with E-state index in [0.29, 0.717) is 17.9 Å². The molecule has 0 radical (unpaired) electrons. The molecule has 4 aliphatic carbocycles. The van der Waals surface area contributed by atoms with E-state index in [1.165, 1.54) is 38.5 Å². The molecule has 0 spiro atoms. The highest BCUT2D eigenvalue weighted by Crippen LogP contribution is 2.60. The lowest BCUT2D eigenvalue weighted by Gasteiger charge is -2.56. The van der Waals surface area contributed by atoms with Crippen LogP contribution in [-0.2, 0) is 13.0 Å². The Morgan fingerprint density at radius 3 is 2.22 bits per heavy atom. The van der Waals surface area contributed by atoms with Gasteiger partial charge in [0.25, 0.3) is 0 Å². The van der Waals surface area contributed by atoms with Crippen LogP contribution in [0, 0.1) is 23.2 Å². The highest BCUT2D eigenvalue weighted by Gasteiger charge is 2.51. The van der Waals surface area contributed by atoms with Crippen LogP contribution in [-0.4, -0.2) is 10.1 Å². The Hall–Kier alpha value is -0.900. The molecule has 0 atom stereocenters. The highest BCUT2D eigenvalue weighted by molar-refractivity contribution is 5.05. The fraction of sp³-hybridized carbons (Fsp3) is 0.857. The van der Waals surface area contributed by atoms with Crippen LogP contribution in [0.5, 0.6) is 0 Å². The smallest absolute Gasteiger partial charge is 0.240 e. The Morgan fingerprint density at radius 1 is 1.11 bits per heavy atom. The van der Waals surface area contributed by atoms with Gasteiger partial charge in [0.1, 0.15) is 0 Å². The largest absolute Gasteiger partial charge is 0.338 e. The molecule has 4 bridgehead atoms. The van der Waals surface area contributed by atoms with E-state index in [0.717, 1.165) is 30.0 Å². The van der Waals surface area contributed by atoms with Gasteiger partial charge in [-0.15, -0.1) is 0 Å². The van der Waals surface area contributed by atoms with E-state index in [-0.39, 0.29) is 0 Å². The van der Waals surface area contributed by atoms with E-state index >= 15 is 0 Å². The minimum absolute atomic E-state index is 0.355. The Kier molecular flexibility index (Phi) is 2.31. The summed E-state index contributed by atoms with van der Waals surface area (Å²) in [5, 5.41) is 4.10. The standard InChI is InChI=1S/C14H21N3O/c15-8-13-16-12(17-18-13)7-14-4-9-1-10(5-14)3-11(2-9)6-14/h9-11H,1-8,15H2. The number of hydrogen-bond donors (Lipinski definition) is 1. The number of nitrogens with zero attached hydrogens (tertiary/aromatic N) is 2. The van der Waals surface area contributed by atoms with Crippen molar-refractivity contribution in [1.82, 2.24) is 10.1 Å². The summed E-state index contributed by atoms with van der Waals surface area (Å²) in [6, 6.07) is 0. The molecule has 0 aliphatic heterocycles. The molecule has 1 heterocycles. The second-order valence-corrected chi connectivity index (χ2v) is 6.90. The lowest BCUT2D eigenvalue weighted by molar-refractivity contribution is -0.0533. The van der Waals surface area contributed by atoms with Crippen LogP contribution in [0.3, 0.4) is 0 Å². The molecule has 4 fully saturated rings. The Labute approximate surface area is 107 Å². The molecule has 5 rings (SSSR count). The van der Waals surface area contributed by atoms with Crippen molar-refractivity contribution in [3.8, 4) is 0 Å². The van der Waals surface area contributed by atoms with Gasteiger partial charge in [-0.3, -0.25) is 0 Å². The van der Waals surface area contributed by atoms with Crippen LogP contribution in [0.25, 0.3) is 0 Å². The van der Waals surface area contributed by atoms with Crippen LogP contribution in [0.2, 0.25) is 0 Å². The summed E-state index contributed by atoms with van der Waals surface area (Å²) in [5.74, 6) is 4.42. The first-order chi connectivity index (χ1) is 8.75. The van der Waals surface area contributed by atoms with Crippen molar-refractivity contribution in [2.45, 2.75) is 51.5 Å². The second kappa shape index (κ2) is 3.80. The average molecular weight is 247 g/mol. The molecular formula is C14H21N3O. The monoisotopic (exact) mass is 247 g/mol. The van der Waals surface area contributed by atoms with E-state index in [1.54, 1.807) is 0 Å². The zero-order chi connectivity index (χ0) is 12.2. The van der Waals surface area contributed by atoms with Crippen LogP contribution in [0.15, 0.2) is 4.52 Å². The normalized spacial score (nSPS) is 41.5. The zero-order valence-electron chi connectivity index (χ0n) is 10.8. The maximum Gasteiger partial charge on any atom is 0.240 e. The van der Waals surface area contributed by atoms with Gasteiger partial charge in [0.15, 0.2) is 5.82 Å². The lowest BCUT2D eigenvalue weighted by Crippen LogP contribution is -2.47. The van der Waals surface area contributed by atoms with Gasteiger partial charge in [-0.1, -0.05) is 5.16 Å². The first kappa shape index (κ1) is 11.0. The Balaban J connectivity index is 1.56. The number of hydrogen-bond acceptors (Lipinski definition) is 4. The third-order valence-electron chi connectivity index (χ3n) is 5.38. The molecule has 2 N–H and O–H groups in total. The van der Waals surface area contributed by atoms with Gasteiger partial charge in [-0.05, 0) is 61.7 Å². The van der Waals surface area contributed by atoms with Gasteiger partial charge in [0, 0.05) is 6.42 Å². The predicted octanol–water partition coefficient (Wildman–Crippen LogP) is 2.29. The minimum atomic E-state index is 0.355. The maximum atomic E-state index is 5.53. The summed E-state index contributed by atoms with van der Waals surface area (Å²) in [6.07, 6.45) is 9.65. The maximum absolute atomic E-state index is 5.53. The van der Waals surface area contributed by atoms with Gasteiger partial charge in [0.05, 0.1) is 6.54 Å². The van der Waals surface area contributed by atoms with Crippen molar-refractivity contribution in [1.29, 1.82) is 0 Å². The molecule has 0 aromatic carbocycles. The third kappa shape index (κ3) is 1.69. The molecule has 4 saturated carbocycles. The molecule has 4 aliphatic rings. The first-order valence-electron chi connectivity index (χ1n) is 7.26. The van der Waals surface area contributed by atoms with Gasteiger partial charge in [0.2, 0.25) is 5.89 Å². The Morgan fingerprint density at radius 2 is 1.72 bits per heavy atom. The summed E-state index contributed by atoms with van der Waals surface area (Å²) in [5.41, 5.74) is 6.02. The van der Waals surface area contributed by atoms with Gasteiger partial charge in [-0.2, -0.15) is 4.98 Å². The predicted molar refractivity (Wildman–Crippen MR) is 66.5 cm³/mol. The molecule has 0 saturated heterocycles. The number of aromatic nitrogens is 2. The number of rotatable bonds is 3. The van der Waals surface area contributed by atoms with Gasteiger partial charge < -0.3 is 10.3 Å². The van der Waals surface area contributed by atoms with Gasteiger partial charge in [-0.25, -0.2) is 0 Å². The Bertz CT molecular complexity index is 418. The molecule has 4 heteroatoms. The van der Waals surface area contributed by atoms with Crippen LogP contribution in [0.1, 0.15) is 50.2 Å².